The Morgan fingerprint density at radius 3 is 3.00 bits per heavy atom. The van der Waals surface area contributed by atoms with Crippen molar-refractivity contribution in [2.75, 3.05) is 11.1 Å². The lowest BCUT2D eigenvalue weighted by molar-refractivity contribution is -0.135. The summed E-state index contributed by atoms with van der Waals surface area (Å²) in [5, 5.41) is 9.99. The summed E-state index contributed by atoms with van der Waals surface area (Å²) in [5.74, 6) is 1.10. The Morgan fingerprint density at radius 1 is 1.57 bits per heavy atom. The van der Waals surface area contributed by atoms with Crippen molar-refractivity contribution >= 4 is 29.4 Å². The molecule has 0 radical (unpaired) electrons. The molecule has 2 aliphatic rings. The summed E-state index contributed by atoms with van der Waals surface area (Å²) in [6, 6.07) is 1.47. The van der Waals surface area contributed by atoms with Gasteiger partial charge in [-0.15, -0.1) is 11.8 Å². The van der Waals surface area contributed by atoms with Crippen LogP contribution in [0, 0.1) is 5.41 Å². The van der Waals surface area contributed by atoms with E-state index in [9.17, 15) is 9.59 Å². The third kappa shape index (κ3) is 3.24. The molecule has 3 heterocycles. The van der Waals surface area contributed by atoms with Crippen LogP contribution >= 0.6 is 11.8 Å². The van der Waals surface area contributed by atoms with E-state index < -0.39 is 6.04 Å². The zero-order valence-electron chi connectivity index (χ0n) is 14.1. The fourth-order valence-corrected chi connectivity index (χ4v) is 4.74. The molecule has 2 aliphatic heterocycles. The smallest absolute Gasteiger partial charge is 0.249 e. The average molecular weight is 336 g/mol. The standard InChI is InChI=1S/C16H24N4O2S/c1-15(2,3)8-10-7-12(19-18-10)17-14(22)11-9-23-16(4)6-5-13(21)20(11)16/h7,11H,5-6,8-9H2,1-4H3,(H2,17,18,19,22)/t11-,16+/m0/s1. The minimum atomic E-state index is -0.400. The molecule has 0 aliphatic carbocycles. The van der Waals surface area contributed by atoms with Gasteiger partial charge in [-0.05, 0) is 25.2 Å². The second-order valence-electron chi connectivity index (χ2n) is 7.77. The highest BCUT2D eigenvalue weighted by Crippen LogP contribution is 2.47. The third-order valence-corrected chi connectivity index (χ3v) is 5.86. The third-order valence-electron chi connectivity index (χ3n) is 4.35. The molecule has 23 heavy (non-hydrogen) atoms. The second-order valence-corrected chi connectivity index (χ2v) is 9.27. The first kappa shape index (κ1) is 16.4. The number of aromatic nitrogens is 2. The summed E-state index contributed by atoms with van der Waals surface area (Å²) < 4.78 is 0. The van der Waals surface area contributed by atoms with E-state index in [1.54, 1.807) is 16.7 Å². The number of nitrogens with one attached hydrogen (secondary N) is 2. The van der Waals surface area contributed by atoms with Crippen LogP contribution < -0.4 is 5.32 Å². The monoisotopic (exact) mass is 336 g/mol. The maximum absolute atomic E-state index is 12.6. The number of amides is 2. The number of aromatic amines is 1. The number of rotatable bonds is 3. The molecule has 1 aromatic rings. The SMILES string of the molecule is CC(C)(C)Cc1cc(NC(=O)[C@@H]2CS[C@]3(C)CCC(=O)N23)n[nH]1. The highest BCUT2D eigenvalue weighted by atomic mass is 32.2. The van der Waals surface area contributed by atoms with E-state index in [1.807, 2.05) is 13.0 Å². The predicted octanol–water partition coefficient (Wildman–Crippen LogP) is 2.39. The number of carbonyl (C=O) groups excluding carboxylic acids is 2. The van der Waals surface area contributed by atoms with Gasteiger partial charge in [-0.3, -0.25) is 14.7 Å². The molecule has 2 amide bonds. The number of fused-ring (bicyclic) bond motifs is 1. The Balaban J connectivity index is 1.67. The fraction of sp³-hybridized carbons (Fsp3) is 0.688. The molecule has 0 bridgehead atoms. The van der Waals surface area contributed by atoms with E-state index in [0.29, 0.717) is 18.0 Å². The van der Waals surface area contributed by atoms with E-state index in [2.05, 4.69) is 36.3 Å². The maximum atomic E-state index is 12.6. The van der Waals surface area contributed by atoms with Gasteiger partial charge >= 0.3 is 0 Å². The summed E-state index contributed by atoms with van der Waals surface area (Å²) in [5.41, 5.74) is 1.15. The predicted molar refractivity (Wildman–Crippen MR) is 91.1 cm³/mol. The van der Waals surface area contributed by atoms with Crippen LogP contribution in [-0.2, 0) is 16.0 Å². The molecule has 2 fully saturated rings. The van der Waals surface area contributed by atoms with E-state index in [-0.39, 0.29) is 22.1 Å². The van der Waals surface area contributed by atoms with Crippen LogP contribution in [0.15, 0.2) is 6.07 Å². The fourth-order valence-electron chi connectivity index (χ4n) is 3.31. The molecule has 0 spiro atoms. The Hall–Kier alpha value is -1.50. The van der Waals surface area contributed by atoms with E-state index in [1.165, 1.54) is 0 Å². The van der Waals surface area contributed by atoms with Crippen LogP contribution in [0.25, 0.3) is 0 Å². The number of H-pyrrole nitrogens is 1. The van der Waals surface area contributed by atoms with E-state index in [4.69, 9.17) is 0 Å². The second kappa shape index (κ2) is 5.54. The van der Waals surface area contributed by atoms with Crippen molar-refractivity contribution in [2.45, 2.75) is 57.9 Å². The number of hydrogen-bond donors (Lipinski definition) is 2. The molecular formula is C16H24N4O2S. The summed E-state index contributed by atoms with van der Waals surface area (Å²) in [6.07, 6.45) is 2.21. The number of thioether (sulfide) groups is 1. The molecule has 6 nitrogen and oxygen atoms in total. The first-order chi connectivity index (χ1) is 10.7. The number of carbonyl (C=O) groups is 2. The Kier molecular flexibility index (Phi) is 3.94. The molecule has 2 N–H and O–H groups in total. The molecular weight excluding hydrogens is 312 g/mol. The molecule has 2 atom stereocenters. The van der Waals surface area contributed by atoms with Crippen LogP contribution in [0.2, 0.25) is 0 Å². The van der Waals surface area contributed by atoms with Gasteiger partial charge in [0.15, 0.2) is 5.82 Å². The molecule has 126 valence electrons. The highest BCUT2D eigenvalue weighted by molar-refractivity contribution is 8.01. The van der Waals surface area contributed by atoms with Crippen LogP contribution in [0.1, 0.15) is 46.2 Å². The van der Waals surface area contributed by atoms with Gasteiger partial charge in [-0.25, -0.2) is 0 Å². The lowest BCUT2D eigenvalue weighted by atomic mass is 9.91. The molecule has 2 saturated heterocycles. The van der Waals surface area contributed by atoms with Crippen LogP contribution in [-0.4, -0.2) is 43.6 Å². The van der Waals surface area contributed by atoms with Crippen LogP contribution in [0.5, 0.6) is 0 Å². The van der Waals surface area contributed by atoms with E-state index >= 15 is 0 Å². The largest absolute Gasteiger partial charge is 0.315 e. The van der Waals surface area contributed by atoms with Crippen LogP contribution in [0.4, 0.5) is 5.82 Å². The first-order valence-corrected chi connectivity index (χ1v) is 8.98. The summed E-state index contributed by atoms with van der Waals surface area (Å²) in [7, 11) is 0. The van der Waals surface area contributed by atoms with Crippen molar-refractivity contribution in [3.05, 3.63) is 11.8 Å². The Bertz CT molecular complexity index is 636. The molecule has 1 aromatic heterocycles. The van der Waals surface area contributed by atoms with Crippen molar-refractivity contribution in [3.8, 4) is 0 Å². The van der Waals surface area contributed by atoms with Gasteiger partial charge in [0.2, 0.25) is 11.8 Å². The van der Waals surface area contributed by atoms with E-state index in [0.717, 1.165) is 18.5 Å². The van der Waals surface area contributed by atoms with Crippen molar-refractivity contribution in [1.82, 2.24) is 15.1 Å². The van der Waals surface area contributed by atoms with Crippen molar-refractivity contribution in [1.29, 1.82) is 0 Å². The highest BCUT2D eigenvalue weighted by Gasteiger charge is 2.52. The van der Waals surface area contributed by atoms with Crippen LogP contribution in [0.3, 0.4) is 0 Å². The van der Waals surface area contributed by atoms with Gasteiger partial charge in [0.25, 0.3) is 0 Å². The Morgan fingerprint density at radius 2 is 2.30 bits per heavy atom. The Labute approximate surface area is 140 Å². The topological polar surface area (TPSA) is 78.1 Å². The number of anilines is 1. The molecule has 0 aromatic carbocycles. The zero-order valence-corrected chi connectivity index (χ0v) is 14.9. The van der Waals surface area contributed by atoms with Gasteiger partial charge < -0.3 is 10.2 Å². The molecule has 0 unspecified atom stereocenters. The molecule has 3 rings (SSSR count). The zero-order chi connectivity index (χ0) is 16.8. The number of hydrogen-bond acceptors (Lipinski definition) is 4. The minimum absolute atomic E-state index is 0.0769. The van der Waals surface area contributed by atoms with Crippen molar-refractivity contribution in [3.63, 3.8) is 0 Å². The first-order valence-electron chi connectivity index (χ1n) is 7.99. The maximum Gasteiger partial charge on any atom is 0.249 e. The van der Waals surface area contributed by atoms with Crippen molar-refractivity contribution in [2.24, 2.45) is 5.41 Å². The average Bonchev–Trinajstić information content (AvgIpc) is 3.05. The summed E-state index contributed by atoms with van der Waals surface area (Å²) in [4.78, 5) is 26.2. The van der Waals surface area contributed by atoms with Gasteiger partial charge in [-0.1, -0.05) is 20.8 Å². The van der Waals surface area contributed by atoms with Gasteiger partial charge in [0.05, 0.1) is 4.87 Å². The van der Waals surface area contributed by atoms with Gasteiger partial charge in [0.1, 0.15) is 6.04 Å². The minimum Gasteiger partial charge on any atom is -0.315 e. The summed E-state index contributed by atoms with van der Waals surface area (Å²) in [6.45, 7) is 8.51. The normalized spacial score (nSPS) is 27.4. The van der Waals surface area contributed by atoms with Crippen molar-refractivity contribution < 1.29 is 9.59 Å². The lowest BCUT2D eigenvalue weighted by Gasteiger charge is -2.29. The molecule has 7 heteroatoms. The quantitative estimate of drug-likeness (QED) is 0.888. The number of nitrogens with zero attached hydrogens (tertiary/aromatic N) is 2. The van der Waals surface area contributed by atoms with Gasteiger partial charge in [-0.2, -0.15) is 5.10 Å². The lowest BCUT2D eigenvalue weighted by Crippen LogP contribution is -2.48. The van der Waals surface area contributed by atoms with Gasteiger partial charge in [0, 0.05) is 23.9 Å². The molecule has 0 saturated carbocycles. The summed E-state index contributed by atoms with van der Waals surface area (Å²) >= 11 is 1.70.